The molecule has 3 amide bonds. The van der Waals surface area contributed by atoms with Gasteiger partial charge in [-0.1, -0.05) is 60.7 Å². The minimum atomic E-state index is -0.256. The van der Waals surface area contributed by atoms with Crippen LogP contribution >= 0.6 is 0 Å². The van der Waals surface area contributed by atoms with Crippen molar-refractivity contribution in [2.75, 3.05) is 33.7 Å². The van der Waals surface area contributed by atoms with Crippen molar-refractivity contribution in [3.63, 3.8) is 0 Å². The predicted molar refractivity (Wildman–Crippen MR) is 114 cm³/mol. The van der Waals surface area contributed by atoms with Crippen molar-refractivity contribution in [2.45, 2.75) is 24.9 Å². The van der Waals surface area contributed by atoms with Crippen LogP contribution in [0.2, 0.25) is 0 Å². The molecule has 0 aromatic heterocycles. The largest absolute Gasteiger partial charge is 0.340 e. The molecule has 0 radical (unpaired) electrons. The number of nitrogens with one attached hydrogen (secondary N) is 2. The van der Waals surface area contributed by atoms with Gasteiger partial charge in [-0.15, -0.1) is 0 Å². The van der Waals surface area contributed by atoms with Gasteiger partial charge in [0.25, 0.3) is 0 Å². The van der Waals surface area contributed by atoms with Gasteiger partial charge in [-0.05, 0) is 31.6 Å². The Morgan fingerprint density at radius 3 is 2.03 bits per heavy atom. The summed E-state index contributed by atoms with van der Waals surface area (Å²) in [6, 6.07) is 19.2. The highest BCUT2D eigenvalue weighted by molar-refractivity contribution is 5.78. The molecule has 1 saturated heterocycles. The lowest BCUT2D eigenvalue weighted by Crippen LogP contribution is -2.45. The zero-order valence-corrected chi connectivity index (χ0v) is 17.2. The first-order chi connectivity index (χ1) is 14.0. The first kappa shape index (κ1) is 20.9. The summed E-state index contributed by atoms with van der Waals surface area (Å²) < 4.78 is 0. The molecule has 0 bridgehead atoms. The van der Waals surface area contributed by atoms with Crippen LogP contribution in [0, 0.1) is 0 Å². The Balaban J connectivity index is 1.71. The van der Waals surface area contributed by atoms with Crippen LogP contribution < -0.4 is 10.6 Å². The van der Waals surface area contributed by atoms with E-state index in [4.69, 9.17) is 0 Å². The Kier molecular flexibility index (Phi) is 7.25. The molecular formula is C23H30N4O2. The standard InChI is InChI=1S/C23H30N4O2/c1-26(2)16-20(18-10-5-3-6-11-18)24-23(29)25-21(19-12-7-4-8-13-19)17-27-15-9-14-22(27)28/h3-8,10-13,20-21H,9,14-17H2,1-2H3,(H2,24,25,29). The van der Waals surface area contributed by atoms with E-state index in [1.807, 2.05) is 79.7 Å². The highest BCUT2D eigenvalue weighted by Crippen LogP contribution is 2.19. The molecule has 6 nitrogen and oxygen atoms in total. The van der Waals surface area contributed by atoms with Gasteiger partial charge >= 0.3 is 6.03 Å². The Morgan fingerprint density at radius 2 is 1.52 bits per heavy atom. The maximum absolute atomic E-state index is 12.9. The number of hydrogen-bond acceptors (Lipinski definition) is 3. The van der Waals surface area contributed by atoms with Crippen LogP contribution in [0.15, 0.2) is 60.7 Å². The molecule has 0 aliphatic carbocycles. The van der Waals surface area contributed by atoms with Crippen LogP contribution in [0.25, 0.3) is 0 Å². The molecule has 1 aliphatic heterocycles. The molecule has 2 aromatic carbocycles. The number of carbonyl (C=O) groups excluding carboxylic acids is 2. The predicted octanol–water partition coefficient (Wildman–Crippen LogP) is 2.95. The number of hydrogen-bond donors (Lipinski definition) is 2. The number of carbonyl (C=O) groups is 2. The summed E-state index contributed by atoms with van der Waals surface area (Å²) >= 11 is 0. The summed E-state index contributed by atoms with van der Waals surface area (Å²) in [6.45, 7) is 1.93. The van der Waals surface area contributed by atoms with Crippen molar-refractivity contribution in [2.24, 2.45) is 0 Å². The molecule has 29 heavy (non-hydrogen) atoms. The van der Waals surface area contributed by atoms with Crippen molar-refractivity contribution < 1.29 is 9.59 Å². The van der Waals surface area contributed by atoms with E-state index in [9.17, 15) is 9.59 Å². The third kappa shape index (κ3) is 6.06. The van der Waals surface area contributed by atoms with Gasteiger partial charge in [0, 0.05) is 26.1 Å². The molecule has 3 rings (SSSR count). The van der Waals surface area contributed by atoms with Crippen molar-refractivity contribution >= 4 is 11.9 Å². The van der Waals surface area contributed by atoms with E-state index in [1.165, 1.54) is 0 Å². The zero-order valence-electron chi connectivity index (χ0n) is 17.2. The van der Waals surface area contributed by atoms with Crippen molar-refractivity contribution in [3.05, 3.63) is 71.8 Å². The summed E-state index contributed by atoms with van der Waals surface area (Å²) in [6.07, 6.45) is 1.47. The minimum absolute atomic E-state index is 0.129. The quantitative estimate of drug-likeness (QED) is 0.724. The van der Waals surface area contributed by atoms with Gasteiger partial charge in [-0.3, -0.25) is 4.79 Å². The first-order valence-electron chi connectivity index (χ1n) is 10.1. The van der Waals surface area contributed by atoms with E-state index < -0.39 is 0 Å². The summed E-state index contributed by atoms with van der Waals surface area (Å²) in [5.41, 5.74) is 2.05. The Bertz CT molecular complexity index is 795. The lowest BCUT2D eigenvalue weighted by molar-refractivity contribution is -0.128. The molecule has 2 atom stereocenters. The first-order valence-corrected chi connectivity index (χ1v) is 10.1. The van der Waals surface area contributed by atoms with Crippen LogP contribution in [-0.4, -0.2) is 55.5 Å². The van der Waals surface area contributed by atoms with Crippen molar-refractivity contribution in [1.82, 2.24) is 20.4 Å². The average Bonchev–Trinajstić information content (AvgIpc) is 3.12. The van der Waals surface area contributed by atoms with Crippen molar-refractivity contribution in [1.29, 1.82) is 0 Å². The van der Waals surface area contributed by atoms with E-state index in [2.05, 4.69) is 15.5 Å². The summed E-state index contributed by atoms with van der Waals surface area (Å²) in [5, 5.41) is 6.20. The fraction of sp³-hybridized carbons (Fsp3) is 0.391. The third-order valence-electron chi connectivity index (χ3n) is 5.14. The molecule has 1 heterocycles. The SMILES string of the molecule is CN(C)CC(NC(=O)NC(CN1CCCC1=O)c1ccccc1)c1ccccc1. The number of rotatable bonds is 8. The van der Waals surface area contributed by atoms with Gasteiger partial charge in [0.2, 0.25) is 5.91 Å². The molecule has 1 fully saturated rings. The zero-order chi connectivity index (χ0) is 20.6. The number of likely N-dealkylation sites (tertiary alicyclic amines) is 1. The minimum Gasteiger partial charge on any atom is -0.340 e. The third-order valence-corrected chi connectivity index (χ3v) is 5.14. The summed E-state index contributed by atoms with van der Waals surface area (Å²) in [4.78, 5) is 28.9. The number of nitrogens with zero attached hydrogens (tertiary/aromatic N) is 2. The Morgan fingerprint density at radius 1 is 0.966 bits per heavy atom. The molecular weight excluding hydrogens is 364 g/mol. The second kappa shape index (κ2) is 10.1. The van der Waals surface area contributed by atoms with Crippen LogP contribution in [0.3, 0.4) is 0 Å². The molecule has 2 aromatic rings. The van der Waals surface area contributed by atoms with E-state index in [-0.39, 0.29) is 24.0 Å². The van der Waals surface area contributed by atoms with Gasteiger partial charge in [0.15, 0.2) is 0 Å². The van der Waals surface area contributed by atoms with Gasteiger partial charge < -0.3 is 20.4 Å². The number of benzene rings is 2. The molecule has 0 saturated carbocycles. The highest BCUT2D eigenvalue weighted by Gasteiger charge is 2.26. The maximum Gasteiger partial charge on any atom is 0.315 e. The normalized spacial score (nSPS) is 16.0. The van der Waals surface area contributed by atoms with Crippen LogP contribution in [0.4, 0.5) is 4.79 Å². The van der Waals surface area contributed by atoms with Gasteiger partial charge in [0.05, 0.1) is 12.1 Å². The average molecular weight is 395 g/mol. The molecule has 2 N–H and O–H groups in total. The van der Waals surface area contributed by atoms with Crippen molar-refractivity contribution in [3.8, 4) is 0 Å². The lowest BCUT2D eigenvalue weighted by Gasteiger charge is -2.27. The van der Waals surface area contributed by atoms with Gasteiger partial charge in [-0.2, -0.15) is 0 Å². The fourth-order valence-corrected chi connectivity index (χ4v) is 3.68. The van der Waals surface area contributed by atoms with E-state index in [1.54, 1.807) is 0 Å². The van der Waals surface area contributed by atoms with Gasteiger partial charge in [-0.25, -0.2) is 4.79 Å². The number of amides is 3. The number of likely N-dealkylation sites (N-methyl/N-ethyl adjacent to an activating group) is 1. The summed E-state index contributed by atoms with van der Waals surface area (Å²) in [5.74, 6) is 0.155. The maximum atomic E-state index is 12.9. The number of urea groups is 1. The Labute approximate surface area is 172 Å². The summed E-state index contributed by atoms with van der Waals surface area (Å²) in [7, 11) is 3.97. The van der Waals surface area contributed by atoms with E-state index in [0.29, 0.717) is 19.5 Å². The molecule has 154 valence electrons. The monoisotopic (exact) mass is 394 g/mol. The van der Waals surface area contributed by atoms with E-state index >= 15 is 0 Å². The molecule has 1 aliphatic rings. The van der Waals surface area contributed by atoms with E-state index in [0.717, 1.165) is 24.1 Å². The van der Waals surface area contributed by atoms with Gasteiger partial charge in [0.1, 0.15) is 0 Å². The Hall–Kier alpha value is -2.86. The molecule has 6 heteroatoms. The smallest absolute Gasteiger partial charge is 0.315 e. The second-order valence-corrected chi connectivity index (χ2v) is 7.75. The molecule has 0 spiro atoms. The van der Waals surface area contributed by atoms with Crippen LogP contribution in [0.1, 0.15) is 36.1 Å². The fourth-order valence-electron chi connectivity index (χ4n) is 3.68. The van der Waals surface area contributed by atoms with Crippen LogP contribution in [0.5, 0.6) is 0 Å². The van der Waals surface area contributed by atoms with Crippen LogP contribution in [-0.2, 0) is 4.79 Å². The lowest BCUT2D eigenvalue weighted by atomic mass is 10.1. The molecule has 2 unspecified atom stereocenters. The second-order valence-electron chi connectivity index (χ2n) is 7.75. The topological polar surface area (TPSA) is 64.7 Å². The highest BCUT2D eigenvalue weighted by atomic mass is 16.2.